The van der Waals surface area contributed by atoms with Crippen LogP contribution < -0.4 is 15.5 Å². The Morgan fingerprint density at radius 1 is 1.11 bits per heavy atom. The van der Waals surface area contributed by atoms with Crippen LogP contribution in [0.4, 0.5) is 11.4 Å². The monoisotopic (exact) mass is 402 g/mol. The number of carbonyl (C=O) groups is 1. The molecule has 0 aliphatic carbocycles. The molecule has 1 fully saturated rings. The Kier molecular flexibility index (Phi) is 6.31. The minimum Gasteiger partial charge on any atom is -0.368 e. The van der Waals surface area contributed by atoms with E-state index in [4.69, 9.17) is 23.8 Å². The van der Waals surface area contributed by atoms with Crippen LogP contribution in [0.2, 0.25) is 5.02 Å². The molecule has 7 heteroatoms. The first-order chi connectivity index (χ1) is 12.9. The smallest absolute Gasteiger partial charge is 0.257 e. The maximum absolute atomic E-state index is 12.3. The van der Waals surface area contributed by atoms with Crippen molar-refractivity contribution in [2.45, 2.75) is 6.92 Å². The van der Waals surface area contributed by atoms with Gasteiger partial charge in [0, 0.05) is 37.4 Å². The first kappa shape index (κ1) is 19.6. The standard InChI is InChI=1S/C20H23ClN4OS/c1-14-4-3-5-15(12-14)19(26)23-20(27)22-16-6-7-18(17(21)13-16)25-10-8-24(2)9-11-25/h3-7,12-13H,8-11H2,1-2H3,(H2,22,23,26,27). The summed E-state index contributed by atoms with van der Waals surface area (Å²) in [7, 11) is 2.12. The van der Waals surface area contributed by atoms with Gasteiger partial charge < -0.3 is 15.1 Å². The highest BCUT2D eigenvalue weighted by molar-refractivity contribution is 7.80. The third-order valence-electron chi connectivity index (χ3n) is 4.56. The van der Waals surface area contributed by atoms with Crippen LogP contribution in [0, 0.1) is 6.92 Å². The second-order valence-electron chi connectivity index (χ2n) is 6.73. The molecule has 0 spiro atoms. The molecule has 142 valence electrons. The minimum absolute atomic E-state index is 0.239. The molecule has 2 aromatic rings. The number of halogens is 1. The normalized spacial score (nSPS) is 14.7. The number of hydrogen-bond donors (Lipinski definition) is 2. The first-order valence-electron chi connectivity index (χ1n) is 8.84. The fourth-order valence-electron chi connectivity index (χ4n) is 3.01. The predicted molar refractivity (Wildman–Crippen MR) is 116 cm³/mol. The molecule has 27 heavy (non-hydrogen) atoms. The van der Waals surface area contributed by atoms with Crippen molar-refractivity contribution >= 4 is 46.2 Å². The second kappa shape index (κ2) is 8.69. The lowest BCUT2D eigenvalue weighted by atomic mass is 10.1. The van der Waals surface area contributed by atoms with Crippen molar-refractivity contribution in [2.75, 3.05) is 43.4 Å². The van der Waals surface area contributed by atoms with Gasteiger partial charge in [0.15, 0.2) is 5.11 Å². The van der Waals surface area contributed by atoms with Crippen LogP contribution in [0.1, 0.15) is 15.9 Å². The summed E-state index contributed by atoms with van der Waals surface area (Å²) in [4.78, 5) is 16.9. The van der Waals surface area contributed by atoms with E-state index < -0.39 is 0 Å². The molecule has 0 bridgehead atoms. The number of hydrogen-bond acceptors (Lipinski definition) is 4. The third-order valence-corrected chi connectivity index (χ3v) is 5.06. The van der Waals surface area contributed by atoms with Crippen molar-refractivity contribution in [1.82, 2.24) is 10.2 Å². The molecule has 1 aliphatic rings. The average Bonchev–Trinajstić information content (AvgIpc) is 2.63. The van der Waals surface area contributed by atoms with Gasteiger partial charge in [-0.3, -0.25) is 10.1 Å². The predicted octanol–water partition coefficient (Wildman–Crippen LogP) is 3.53. The highest BCUT2D eigenvalue weighted by Gasteiger charge is 2.17. The number of amides is 1. The zero-order valence-electron chi connectivity index (χ0n) is 15.5. The Balaban J connectivity index is 1.61. The maximum atomic E-state index is 12.3. The SMILES string of the molecule is Cc1cccc(C(=O)NC(=S)Nc2ccc(N3CCN(C)CC3)c(Cl)c2)c1. The van der Waals surface area contributed by atoms with Crippen LogP contribution >= 0.6 is 23.8 Å². The number of nitrogens with zero attached hydrogens (tertiary/aromatic N) is 2. The Hall–Kier alpha value is -2.15. The maximum Gasteiger partial charge on any atom is 0.257 e. The van der Waals surface area contributed by atoms with Crippen molar-refractivity contribution < 1.29 is 4.79 Å². The van der Waals surface area contributed by atoms with Crippen LogP contribution in [0.15, 0.2) is 42.5 Å². The van der Waals surface area contributed by atoms with Crippen molar-refractivity contribution in [1.29, 1.82) is 0 Å². The Labute approximate surface area is 170 Å². The number of benzene rings is 2. The minimum atomic E-state index is -0.239. The van der Waals surface area contributed by atoms with E-state index in [1.54, 1.807) is 6.07 Å². The molecule has 3 rings (SSSR count). The van der Waals surface area contributed by atoms with E-state index in [0.29, 0.717) is 10.6 Å². The average molecular weight is 403 g/mol. The van der Waals surface area contributed by atoms with Crippen LogP contribution in [0.25, 0.3) is 0 Å². The van der Waals surface area contributed by atoms with Gasteiger partial charge in [0.25, 0.3) is 5.91 Å². The summed E-state index contributed by atoms with van der Waals surface area (Å²) in [6.45, 7) is 5.88. The largest absolute Gasteiger partial charge is 0.368 e. The van der Waals surface area contributed by atoms with E-state index in [9.17, 15) is 4.79 Å². The third kappa shape index (κ3) is 5.19. The summed E-state index contributed by atoms with van der Waals surface area (Å²) < 4.78 is 0. The van der Waals surface area contributed by atoms with Gasteiger partial charge in [-0.2, -0.15) is 0 Å². The van der Waals surface area contributed by atoms with Crippen LogP contribution in [0.5, 0.6) is 0 Å². The molecule has 2 aromatic carbocycles. The summed E-state index contributed by atoms with van der Waals surface area (Å²) in [5.41, 5.74) is 3.35. The zero-order chi connectivity index (χ0) is 19.4. The molecule has 5 nitrogen and oxygen atoms in total. The highest BCUT2D eigenvalue weighted by atomic mass is 35.5. The Morgan fingerprint density at radius 2 is 1.85 bits per heavy atom. The van der Waals surface area contributed by atoms with E-state index >= 15 is 0 Å². The number of likely N-dealkylation sites (N-methyl/N-ethyl adjacent to an activating group) is 1. The zero-order valence-corrected chi connectivity index (χ0v) is 17.0. The molecule has 0 atom stereocenters. The van der Waals surface area contributed by atoms with Crippen LogP contribution in [-0.4, -0.2) is 49.1 Å². The van der Waals surface area contributed by atoms with Gasteiger partial charge >= 0.3 is 0 Å². The number of piperazine rings is 1. The fraction of sp³-hybridized carbons (Fsp3) is 0.300. The number of rotatable bonds is 3. The number of nitrogens with one attached hydrogen (secondary N) is 2. The lowest BCUT2D eigenvalue weighted by molar-refractivity contribution is 0.0977. The quantitative estimate of drug-likeness (QED) is 0.769. The molecule has 1 saturated heterocycles. The summed E-state index contributed by atoms with van der Waals surface area (Å²) in [6, 6.07) is 13.1. The molecular weight excluding hydrogens is 380 g/mol. The molecule has 2 N–H and O–H groups in total. The van der Waals surface area contributed by atoms with E-state index in [-0.39, 0.29) is 11.0 Å². The van der Waals surface area contributed by atoms with Crippen molar-refractivity contribution in [3.8, 4) is 0 Å². The Bertz CT molecular complexity index is 850. The number of thiocarbonyl (C=S) groups is 1. The lowest BCUT2D eigenvalue weighted by Gasteiger charge is -2.34. The fourth-order valence-corrected chi connectivity index (χ4v) is 3.52. The molecule has 1 heterocycles. The van der Waals surface area contributed by atoms with Gasteiger partial charge in [-0.25, -0.2) is 0 Å². The lowest BCUT2D eigenvalue weighted by Crippen LogP contribution is -2.44. The van der Waals surface area contributed by atoms with Crippen molar-refractivity contribution in [3.05, 3.63) is 58.6 Å². The topological polar surface area (TPSA) is 47.6 Å². The van der Waals surface area contributed by atoms with Gasteiger partial charge in [-0.1, -0.05) is 29.3 Å². The first-order valence-corrected chi connectivity index (χ1v) is 9.63. The summed E-state index contributed by atoms with van der Waals surface area (Å²) in [6.07, 6.45) is 0. The van der Waals surface area contributed by atoms with E-state index in [1.165, 1.54) is 0 Å². The van der Waals surface area contributed by atoms with Crippen molar-refractivity contribution in [2.24, 2.45) is 0 Å². The molecule has 0 unspecified atom stereocenters. The number of anilines is 2. The number of carbonyl (C=O) groups excluding carboxylic acids is 1. The van der Waals surface area contributed by atoms with E-state index in [2.05, 4.69) is 27.5 Å². The highest BCUT2D eigenvalue weighted by Crippen LogP contribution is 2.29. The van der Waals surface area contributed by atoms with Crippen LogP contribution in [0.3, 0.4) is 0 Å². The molecular formula is C20H23ClN4OS. The number of aryl methyl sites for hydroxylation is 1. The molecule has 0 saturated carbocycles. The van der Waals surface area contributed by atoms with Gasteiger partial charge in [-0.15, -0.1) is 0 Å². The molecule has 1 amide bonds. The summed E-state index contributed by atoms with van der Waals surface area (Å²) in [5.74, 6) is -0.239. The summed E-state index contributed by atoms with van der Waals surface area (Å²) >= 11 is 11.7. The second-order valence-corrected chi connectivity index (χ2v) is 7.55. The van der Waals surface area contributed by atoms with Gasteiger partial charge in [0.05, 0.1) is 10.7 Å². The Morgan fingerprint density at radius 3 is 2.52 bits per heavy atom. The van der Waals surface area contributed by atoms with E-state index in [1.807, 2.05) is 43.3 Å². The van der Waals surface area contributed by atoms with E-state index in [0.717, 1.165) is 43.1 Å². The van der Waals surface area contributed by atoms with Gasteiger partial charge in [-0.05, 0) is 56.5 Å². The van der Waals surface area contributed by atoms with Gasteiger partial charge in [0.1, 0.15) is 0 Å². The molecule has 1 aliphatic heterocycles. The van der Waals surface area contributed by atoms with Gasteiger partial charge in [0.2, 0.25) is 0 Å². The molecule has 0 radical (unpaired) electrons. The molecule has 0 aromatic heterocycles. The van der Waals surface area contributed by atoms with Crippen molar-refractivity contribution in [3.63, 3.8) is 0 Å². The van der Waals surface area contributed by atoms with Crippen LogP contribution in [-0.2, 0) is 0 Å². The summed E-state index contributed by atoms with van der Waals surface area (Å²) in [5, 5.41) is 6.63.